The van der Waals surface area contributed by atoms with Crippen LogP contribution in [0.4, 0.5) is 5.69 Å². The van der Waals surface area contributed by atoms with Gasteiger partial charge in [0.2, 0.25) is 5.91 Å². The van der Waals surface area contributed by atoms with Gasteiger partial charge in [0, 0.05) is 18.2 Å². The van der Waals surface area contributed by atoms with Crippen molar-refractivity contribution < 1.29 is 13.6 Å². The van der Waals surface area contributed by atoms with Gasteiger partial charge in [-0.05, 0) is 42.0 Å². The lowest BCUT2D eigenvalue weighted by Crippen LogP contribution is -2.07. The first-order chi connectivity index (χ1) is 12.8. The minimum absolute atomic E-state index is 0.242. The van der Waals surface area contributed by atoms with Crippen molar-refractivity contribution in [3.63, 3.8) is 0 Å². The molecule has 0 aliphatic rings. The standard InChI is InChI=1S/C21H16N2O3/c24-20(11-9-17-7-4-12-25-17)22-16-8-10-19-18(14-16)23-21(26-19)13-15-5-2-1-3-6-15/h1-12,14H,13H2,(H,22,24)/b11-9+. The number of carbonyl (C=O) groups excluding carboxylic acids is 1. The van der Waals surface area contributed by atoms with Crippen molar-refractivity contribution >= 4 is 28.8 Å². The van der Waals surface area contributed by atoms with E-state index in [0.717, 1.165) is 5.56 Å². The Balaban J connectivity index is 1.47. The third-order valence-electron chi connectivity index (χ3n) is 3.84. The van der Waals surface area contributed by atoms with Crippen LogP contribution in [-0.2, 0) is 11.2 Å². The second kappa shape index (κ2) is 7.11. The van der Waals surface area contributed by atoms with Crippen LogP contribution in [0.3, 0.4) is 0 Å². The van der Waals surface area contributed by atoms with E-state index in [0.29, 0.717) is 34.9 Å². The molecule has 0 aliphatic carbocycles. The van der Waals surface area contributed by atoms with E-state index in [9.17, 15) is 4.79 Å². The van der Waals surface area contributed by atoms with Crippen LogP contribution in [-0.4, -0.2) is 10.9 Å². The Kier molecular flexibility index (Phi) is 4.35. The van der Waals surface area contributed by atoms with Crippen LogP contribution in [0.1, 0.15) is 17.2 Å². The predicted octanol–water partition coefficient (Wildman–Crippen LogP) is 4.66. The summed E-state index contributed by atoms with van der Waals surface area (Å²) < 4.78 is 10.9. The van der Waals surface area contributed by atoms with Crippen molar-refractivity contribution in [2.24, 2.45) is 0 Å². The molecule has 4 rings (SSSR count). The minimum atomic E-state index is -0.242. The van der Waals surface area contributed by atoms with Crippen molar-refractivity contribution in [3.8, 4) is 0 Å². The number of carbonyl (C=O) groups is 1. The van der Waals surface area contributed by atoms with Crippen LogP contribution >= 0.6 is 0 Å². The molecule has 2 aromatic carbocycles. The Morgan fingerprint density at radius 1 is 1.08 bits per heavy atom. The highest BCUT2D eigenvalue weighted by atomic mass is 16.3. The highest BCUT2D eigenvalue weighted by Crippen LogP contribution is 2.21. The zero-order valence-corrected chi connectivity index (χ0v) is 13.9. The number of benzene rings is 2. The lowest BCUT2D eigenvalue weighted by atomic mass is 10.1. The summed E-state index contributed by atoms with van der Waals surface area (Å²) in [4.78, 5) is 16.5. The maximum atomic E-state index is 12.0. The Bertz CT molecular complexity index is 1050. The van der Waals surface area contributed by atoms with Gasteiger partial charge in [0.05, 0.1) is 6.26 Å². The minimum Gasteiger partial charge on any atom is -0.465 e. The van der Waals surface area contributed by atoms with Crippen LogP contribution in [0.15, 0.2) is 81.8 Å². The Labute approximate surface area is 150 Å². The first-order valence-corrected chi connectivity index (χ1v) is 8.22. The van der Waals surface area contributed by atoms with Gasteiger partial charge in [-0.15, -0.1) is 0 Å². The van der Waals surface area contributed by atoms with Gasteiger partial charge < -0.3 is 14.2 Å². The van der Waals surface area contributed by atoms with Crippen molar-refractivity contribution in [2.75, 3.05) is 5.32 Å². The van der Waals surface area contributed by atoms with Gasteiger partial charge in [0.15, 0.2) is 11.5 Å². The van der Waals surface area contributed by atoms with Crippen molar-refractivity contribution in [1.82, 2.24) is 4.98 Å². The molecule has 0 radical (unpaired) electrons. The molecule has 1 N–H and O–H groups in total. The summed E-state index contributed by atoms with van der Waals surface area (Å²) in [5.74, 6) is 1.03. The van der Waals surface area contributed by atoms with E-state index < -0.39 is 0 Å². The Morgan fingerprint density at radius 2 is 1.96 bits per heavy atom. The summed E-state index contributed by atoms with van der Waals surface area (Å²) in [6.07, 6.45) is 5.22. The topological polar surface area (TPSA) is 68.3 Å². The molecule has 1 amide bonds. The number of hydrogen-bond acceptors (Lipinski definition) is 4. The highest BCUT2D eigenvalue weighted by molar-refractivity contribution is 6.02. The van der Waals surface area contributed by atoms with E-state index in [2.05, 4.69) is 10.3 Å². The molecule has 0 aliphatic heterocycles. The van der Waals surface area contributed by atoms with E-state index in [1.807, 2.05) is 36.4 Å². The molecule has 128 valence electrons. The molecule has 4 aromatic rings. The molecule has 2 aromatic heterocycles. The molecule has 0 saturated carbocycles. The van der Waals surface area contributed by atoms with Crippen LogP contribution in [0, 0.1) is 0 Å². The Morgan fingerprint density at radius 3 is 2.77 bits per heavy atom. The fourth-order valence-electron chi connectivity index (χ4n) is 2.63. The molecular formula is C21H16N2O3. The second-order valence-corrected chi connectivity index (χ2v) is 5.79. The van der Waals surface area contributed by atoms with Crippen LogP contribution in [0.25, 0.3) is 17.2 Å². The molecule has 0 unspecified atom stereocenters. The maximum absolute atomic E-state index is 12.0. The first kappa shape index (κ1) is 15.9. The lowest BCUT2D eigenvalue weighted by Gasteiger charge is -2.00. The number of anilines is 1. The summed E-state index contributed by atoms with van der Waals surface area (Å²) in [7, 11) is 0. The lowest BCUT2D eigenvalue weighted by molar-refractivity contribution is -0.111. The zero-order chi connectivity index (χ0) is 17.8. The van der Waals surface area contributed by atoms with E-state index in [-0.39, 0.29) is 5.91 Å². The third kappa shape index (κ3) is 3.72. The van der Waals surface area contributed by atoms with Gasteiger partial charge in [-0.3, -0.25) is 4.79 Å². The highest BCUT2D eigenvalue weighted by Gasteiger charge is 2.08. The molecule has 5 nitrogen and oxygen atoms in total. The van der Waals surface area contributed by atoms with Crippen LogP contribution in [0.5, 0.6) is 0 Å². The monoisotopic (exact) mass is 344 g/mol. The first-order valence-electron chi connectivity index (χ1n) is 8.22. The van der Waals surface area contributed by atoms with Crippen molar-refractivity contribution in [1.29, 1.82) is 0 Å². The molecule has 0 atom stereocenters. The van der Waals surface area contributed by atoms with E-state index in [1.165, 1.54) is 6.08 Å². The number of fused-ring (bicyclic) bond motifs is 1. The summed E-state index contributed by atoms with van der Waals surface area (Å²) in [5.41, 5.74) is 3.20. The predicted molar refractivity (Wildman–Crippen MR) is 99.6 cm³/mol. The Hall–Kier alpha value is -3.60. The summed E-state index contributed by atoms with van der Waals surface area (Å²) >= 11 is 0. The third-order valence-corrected chi connectivity index (χ3v) is 3.84. The SMILES string of the molecule is O=C(/C=C/c1ccco1)Nc1ccc2oc(Cc3ccccc3)nc2c1. The number of furan rings is 1. The molecular weight excluding hydrogens is 328 g/mol. The quantitative estimate of drug-likeness (QED) is 0.535. The summed E-state index contributed by atoms with van der Waals surface area (Å²) in [6, 6.07) is 19.0. The second-order valence-electron chi connectivity index (χ2n) is 5.79. The number of nitrogens with zero attached hydrogens (tertiary/aromatic N) is 1. The van der Waals surface area contributed by atoms with Crippen LogP contribution in [0.2, 0.25) is 0 Å². The molecule has 2 heterocycles. The number of amides is 1. The molecule has 0 saturated heterocycles. The van der Waals surface area contributed by atoms with Gasteiger partial charge in [-0.2, -0.15) is 0 Å². The average molecular weight is 344 g/mol. The van der Waals surface area contributed by atoms with Gasteiger partial charge in [-0.25, -0.2) is 4.98 Å². The number of aromatic nitrogens is 1. The normalized spacial score (nSPS) is 11.2. The largest absolute Gasteiger partial charge is 0.465 e. The summed E-state index contributed by atoms with van der Waals surface area (Å²) in [6.45, 7) is 0. The fraction of sp³-hybridized carbons (Fsp3) is 0.0476. The number of oxazole rings is 1. The molecule has 0 fully saturated rings. The fourth-order valence-corrected chi connectivity index (χ4v) is 2.63. The molecule has 0 bridgehead atoms. The maximum Gasteiger partial charge on any atom is 0.248 e. The van der Waals surface area contributed by atoms with Crippen molar-refractivity contribution in [3.05, 3.63) is 90.2 Å². The van der Waals surface area contributed by atoms with Gasteiger partial charge in [-0.1, -0.05) is 30.3 Å². The van der Waals surface area contributed by atoms with Gasteiger partial charge in [0.1, 0.15) is 11.3 Å². The van der Waals surface area contributed by atoms with E-state index >= 15 is 0 Å². The zero-order valence-electron chi connectivity index (χ0n) is 13.9. The van der Waals surface area contributed by atoms with Gasteiger partial charge in [0.25, 0.3) is 0 Å². The molecule has 5 heteroatoms. The van der Waals surface area contributed by atoms with E-state index in [4.69, 9.17) is 8.83 Å². The number of rotatable bonds is 5. The van der Waals surface area contributed by atoms with Crippen molar-refractivity contribution in [2.45, 2.75) is 6.42 Å². The number of hydrogen-bond donors (Lipinski definition) is 1. The van der Waals surface area contributed by atoms with Crippen LogP contribution < -0.4 is 5.32 Å². The molecule has 26 heavy (non-hydrogen) atoms. The average Bonchev–Trinajstić information content (AvgIpc) is 3.29. The molecule has 0 spiro atoms. The van der Waals surface area contributed by atoms with Gasteiger partial charge >= 0.3 is 0 Å². The van der Waals surface area contributed by atoms with E-state index in [1.54, 1.807) is 36.6 Å². The number of nitrogens with one attached hydrogen (secondary N) is 1. The summed E-state index contributed by atoms with van der Waals surface area (Å²) in [5, 5.41) is 2.81. The smallest absolute Gasteiger partial charge is 0.248 e.